The highest BCUT2D eigenvalue weighted by molar-refractivity contribution is 7.08. The van der Waals surface area contributed by atoms with Crippen LogP contribution in [0.15, 0.2) is 65.4 Å². The van der Waals surface area contributed by atoms with Crippen molar-refractivity contribution in [3.8, 4) is 0 Å². The van der Waals surface area contributed by atoms with E-state index >= 15 is 0 Å². The zero-order chi connectivity index (χ0) is 24.4. The number of amides is 1. The lowest BCUT2D eigenvalue weighted by Crippen LogP contribution is -2.42. The van der Waals surface area contributed by atoms with Crippen molar-refractivity contribution in [1.82, 2.24) is 9.80 Å². The highest BCUT2D eigenvalue weighted by Crippen LogP contribution is 2.43. The van der Waals surface area contributed by atoms with Gasteiger partial charge in [0.05, 0.1) is 15.6 Å². The van der Waals surface area contributed by atoms with Crippen LogP contribution >= 0.6 is 34.5 Å². The zero-order valence-electron chi connectivity index (χ0n) is 19.9. The number of hydrogen-bond donors (Lipinski definition) is 0. The summed E-state index contributed by atoms with van der Waals surface area (Å²) in [7, 11) is 1.89. The first kappa shape index (κ1) is 24.6. The minimum absolute atomic E-state index is 0.0583. The molecule has 0 saturated carbocycles. The van der Waals surface area contributed by atoms with Crippen molar-refractivity contribution < 1.29 is 4.79 Å². The Morgan fingerprint density at radius 2 is 1.91 bits per heavy atom. The summed E-state index contributed by atoms with van der Waals surface area (Å²) < 4.78 is 0. The van der Waals surface area contributed by atoms with Gasteiger partial charge < -0.3 is 9.80 Å². The van der Waals surface area contributed by atoms with E-state index in [0.29, 0.717) is 16.6 Å². The molecule has 1 amide bonds. The summed E-state index contributed by atoms with van der Waals surface area (Å²) in [6.45, 7) is 3.79. The van der Waals surface area contributed by atoms with E-state index in [1.54, 1.807) is 11.3 Å². The predicted molar refractivity (Wildman–Crippen MR) is 148 cm³/mol. The topological polar surface area (TPSA) is 23.6 Å². The molecule has 0 bridgehead atoms. The molecule has 1 spiro atoms. The van der Waals surface area contributed by atoms with E-state index in [2.05, 4.69) is 41.3 Å². The molecule has 1 fully saturated rings. The van der Waals surface area contributed by atoms with Gasteiger partial charge in [0.15, 0.2) is 0 Å². The molecule has 6 heteroatoms. The minimum atomic E-state index is 0.0583. The first-order valence-corrected chi connectivity index (χ1v) is 13.9. The van der Waals surface area contributed by atoms with Crippen LogP contribution in [0, 0.1) is 0 Å². The summed E-state index contributed by atoms with van der Waals surface area (Å²) in [5.41, 5.74) is 4.94. The fourth-order valence-corrected chi connectivity index (χ4v) is 6.47. The Hall–Kier alpha value is -2.11. The van der Waals surface area contributed by atoms with E-state index < -0.39 is 0 Å². The quantitative estimate of drug-likeness (QED) is 0.322. The Labute approximate surface area is 222 Å². The molecule has 182 valence electrons. The number of rotatable bonds is 7. The number of piperidine rings is 1. The lowest BCUT2D eigenvalue weighted by Gasteiger charge is -2.40. The number of thiophene rings is 1. The summed E-state index contributed by atoms with van der Waals surface area (Å²) in [4.78, 5) is 17.3. The summed E-state index contributed by atoms with van der Waals surface area (Å²) in [6, 6.07) is 16.6. The van der Waals surface area contributed by atoms with Crippen LogP contribution < -0.4 is 0 Å². The van der Waals surface area contributed by atoms with Crippen LogP contribution in [0.4, 0.5) is 0 Å². The second kappa shape index (κ2) is 10.5. The molecule has 2 aliphatic rings. The number of hydrogen-bond acceptors (Lipinski definition) is 3. The van der Waals surface area contributed by atoms with Gasteiger partial charge in [0.1, 0.15) is 0 Å². The third-order valence-corrected chi connectivity index (χ3v) is 9.07. The van der Waals surface area contributed by atoms with Crippen molar-refractivity contribution in [2.24, 2.45) is 0 Å². The number of nitrogens with zero attached hydrogens (tertiary/aromatic N) is 2. The number of likely N-dealkylation sites (tertiary alicyclic amines) is 1. The smallest absolute Gasteiger partial charge is 0.254 e. The molecule has 5 rings (SSSR count). The molecular weight excluding hydrogens is 495 g/mol. The van der Waals surface area contributed by atoms with Gasteiger partial charge >= 0.3 is 0 Å². The summed E-state index contributed by atoms with van der Waals surface area (Å²) in [6.07, 6.45) is 7.98. The van der Waals surface area contributed by atoms with Gasteiger partial charge in [0.25, 0.3) is 5.91 Å². The van der Waals surface area contributed by atoms with Gasteiger partial charge in [0.2, 0.25) is 0 Å². The first-order valence-electron chi connectivity index (χ1n) is 12.2. The molecule has 3 aromatic rings. The van der Waals surface area contributed by atoms with Gasteiger partial charge in [-0.25, -0.2) is 0 Å². The lowest BCUT2D eigenvalue weighted by atomic mass is 9.74. The van der Waals surface area contributed by atoms with E-state index in [4.69, 9.17) is 23.2 Å². The molecule has 3 nitrogen and oxygen atoms in total. The number of likely N-dealkylation sites (N-methyl/N-ethyl adjacent to an activating group) is 1. The van der Waals surface area contributed by atoms with Crippen molar-refractivity contribution in [3.05, 3.63) is 97.7 Å². The van der Waals surface area contributed by atoms with Gasteiger partial charge in [-0.15, -0.1) is 0 Å². The molecule has 2 heterocycles. The minimum Gasteiger partial charge on any atom is -0.341 e. The zero-order valence-corrected chi connectivity index (χ0v) is 22.3. The lowest BCUT2D eigenvalue weighted by molar-refractivity contribution is 0.0781. The average Bonchev–Trinajstić information content (AvgIpc) is 3.53. The maximum Gasteiger partial charge on any atom is 0.254 e. The van der Waals surface area contributed by atoms with E-state index in [1.807, 2.05) is 47.0 Å². The number of benzene rings is 2. The van der Waals surface area contributed by atoms with Crippen LogP contribution in [0.2, 0.25) is 10.0 Å². The average molecular weight is 526 g/mol. The maximum absolute atomic E-state index is 12.9. The second-order valence-corrected chi connectivity index (χ2v) is 11.4. The van der Waals surface area contributed by atoms with Crippen LogP contribution in [0.3, 0.4) is 0 Å². The highest BCUT2D eigenvalue weighted by atomic mass is 35.5. The van der Waals surface area contributed by atoms with E-state index in [9.17, 15) is 4.79 Å². The fourth-order valence-electron chi connectivity index (χ4n) is 5.53. The van der Waals surface area contributed by atoms with Gasteiger partial charge in [-0.05, 0) is 79.2 Å². The van der Waals surface area contributed by atoms with Crippen LogP contribution in [0.5, 0.6) is 0 Å². The Morgan fingerprint density at radius 1 is 1.11 bits per heavy atom. The van der Waals surface area contributed by atoms with E-state index in [-0.39, 0.29) is 17.2 Å². The third-order valence-electron chi connectivity index (χ3n) is 7.65. The molecule has 2 aromatic carbocycles. The van der Waals surface area contributed by atoms with E-state index in [1.165, 1.54) is 11.1 Å². The second-order valence-electron chi connectivity index (χ2n) is 9.78. The van der Waals surface area contributed by atoms with E-state index in [0.717, 1.165) is 50.0 Å². The molecule has 0 N–H and O–H groups in total. The van der Waals surface area contributed by atoms with Crippen molar-refractivity contribution >= 4 is 46.5 Å². The molecular formula is C29H30Cl2N2OS. The first-order chi connectivity index (χ1) is 16.9. The summed E-state index contributed by atoms with van der Waals surface area (Å²) >= 11 is 14.1. The van der Waals surface area contributed by atoms with Gasteiger partial charge in [0, 0.05) is 30.3 Å². The van der Waals surface area contributed by atoms with Gasteiger partial charge in [-0.2, -0.15) is 11.3 Å². The Kier molecular flexibility index (Phi) is 7.36. The molecule has 1 aromatic heterocycles. The Balaban J connectivity index is 1.25. The molecule has 35 heavy (non-hydrogen) atoms. The normalized spacial score (nSPS) is 17.5. The Bertz CT molecular complexity index is 1220. The molecule has 0 unspecified atom stereocenters. The van der Waals surface area contributed by atoms with Crippen LogP contribution in [-0.2, 0) is 5.41 Å². The number of halogens is 2. The van der Waals surface area contributed by atoms with Crippen LogP contribution in [0.1, 0.15) is 52.2 Å². The maximum atomic E-state index is 12.9. The summed E-state index contributed by atoms with van der Waals surface area (Å²) in [5.74, 6) is 0.239. The van der Waals surface area contributed by atoms with Crippen molar-refractivity contribution in [2.75, 3.05) is 33.2 Å². The third kappa shape index (κ3) is 5.22. The SMILES string of the molecule is CN(C[C@@H](CCN1CCC2(C=Cc3ccccc32)CC1)c1ccc(Cl)c(Cl)c1)C(=O)c1ccsc1. The molecule has 1 aliphatic heterocycles. The molecule has 1 aliphatic carbocycles. The summed E-state index contributed by atoms with van der Waals surface area (Å²) in [5, 5.41) is 4.97. The number of allylic oxidation sites excluding steroid dienone is 1. The van der Waals surface area contributed by atoms with Crippen molar-refractivity contribution in [3.63, 3.8) is 0 Å². The molecule has 0 radical (unpaired) electrons. The van der Waals surface area contributed by atoms with Crippen molar-refractivity contribution in [1.29, 1.82) is 0 Å². The number of carbonyl (C=O) groups is 1. The number of carbonyl (C=O) groups excluding carboxylic acids is 1. The Morgan fingerprint density at radius 3 is 2.66 bits per heavy atom. The monoisotopic (exact) mass is 524 g/mol. The largest absolute Gasteiger partial charge is 0.341 e. The number of fused-ring (bicyclic) bond motifs is 2. The predicted octanol–water partition coefficient (Wildman–Crippen LogP) is 7.36. The highest BCUT2D eigenvalue weighted by Gasteiger charge is 2.37. The standard InChI is InChI=1S/C29H30Cl2N2OS/c1-32(28(34)24-10-17-35-20-24)19-23(22-6-7-26(30)27(31)18-22)9-14-33-15-12-29(13-16-33)11-8-21-4-2-3-5-25(21)29/h2-8,10-11,17-18,20,23H,9,12-16,19H2,1H3/t23-/m1/s1. The molecule has 1 atom stereocenters. The fraction of sp³-hybridized carbons (Fsp3) is 0.345. The van der Waals surface area contributed by atoms with Crippen LogP contribution in [0.25, 0.3) is 6.08 Å². The molecule has 1 saturated heterocycles. The van der Waals surface area contributed by atoms with Gasteiger partial charge in [-0.3, -0.25) is 4.79 Å². The van der Waals surface area contributed by atoms with Gasteiger partial charge in [-0.1, -0.05) is 65.7 Å². The van der Waals surface area contributed by atoms with Crippen LogP contribution in [-0.4, -0.2) is 48.9 Å². The van der Waals surface area contributed by atoms with Crippen molar-refractivity contribution in [2.45, 2.75) is 30.6 Å².